The van der Waals surface area contributed by atoms with Gasteiger partial charge in [-0.1, -0.05) is 51.7 Å². The highest BCUT2D eigenvalue weighted by molar-refractivity contribution is 7.17. The Morgan fingerprint density at radius 3 is 1.98 bits per heavy atom. The van der Waals surface area contributed by atoms with E-state index in [0.29, 0.717) is 30.7 Å². The van der Waals surface area contributed by atoms with Crippen molar-refractivity contribution in [3.05, 3.63) is 142 Å². The molecule has 4 aromatic carbocycles. The zero-order valence-corrected chi connectivity index (χ0v) is 22.2. The first-order valence-electron chi connectivity index (χ1n) is 12.0. The minimum Gasteiger partial charge on any atom is -0.338 e. The second kappa shape index (κ2) is 11.0. The van der Waals surface area contributed by atoms with Crippen molar-refractivity contribution in [2.75, 3.05) is 0 Å². The maximum atomic E-state index is 14.9. The number of rotatable bonds is 8. The highest BCUT2D eigenvalue weighted by atomic mass is 31.0. The molecule has 0 saturated heterocycles. The molecule has 4 rings (SSSR count). The summed E-state index contributed by atoms with van der Waals surface area (Å²) >= 11 is 0. The van der Waals surface area contributed by atoms with Crippen molar-refractivity contribution < 1.29 is 35.5 Å². The van der Waals surface area contributed by atoms with Crippen molar-refractivity contribution >= 4 is 15.1 Å². The van der Waals surface area contributed by atoms with Crippen molar-refractivity contribution in [3.63, 3.8) is 0 Å². The van der Waals surface area contributed by atoms with Crippen LogP contribution < -0.4 is 5.32 Å². The number of hydrogen-bond acceptors (Lipinski definition) is 1. The van der Waals surface area contributed by atoms with Gasteiger partial charge in [0.05, 0.1) is 11.1 Å². The van der Waals surface area contributed by atoms with Gasteiger partial charge < -0.3 is 5.32 Å². The predicted molar refractivity (Wildman–Crippen MR) is 141 cm³/mol. The van der Waals surface area contributed by atoms with E-state index >= 15 is 0 Å². The Morgan fingerprint density at radius 2 is 1.38 bits per heavy atom. The zero-order chi connectivity index (χ0) is 29.3. The van der Waals surface area contributed by atoms with E-state index < -0.39 is 51.6 Å². The summed E-state index contributed by atoms with van der Waals surface area (Å²) in [6.07, 6.45) is -0.128. The Bertz CT molecular complexity index is 1520. The molecule has 0 saturated carbocycles. The summed E-state index contributed by atoms with van der Waals surface area (Å²) in [5.74, 6) is -7.34. The average Bonchev–Trinajstić information content (AvgIpc) is 2.88. The number of carbonyl (C=O) groups is 1. The van der Waals surface area contributed by atoms with Crippen LogP contribution in [0, 0.1) is 17.5 Å². The van der Waals surface area contributed by atoms with Crippen molar-refractivity contribution in [1.82, 2.24) is 5.32 Å². The second-order valence-electron chi connectivity index (χ2n) is 9.46. The van der Waals surface area contributed by atoms with E-state index in [0.717, 1.165) is 30.3 Å². The number of carbonyl (C=O) groups excluding carboxylic acids is 1. The van der Waals surface area contributed by atoms with E-state index in [1.54, 1.807) is 30.3 Å². The van der Waals surface area contributed by atoms with Gasteiger partial charge in [-0.25, -0.2) is 22.0 Å². The summed E-state index contributed by atoms with van der Waals surface area (Å²) in [5.41, 5.74) is -6.92. The molecule has 1 amide bonds. The molecule has 1 N–H and O–H groups in total. The van der Waals surface area contributed by atoms with Crippen LogP contribution in [-0.4, -0.2) is 5.91 Å². The molecule has 40 heavy (non-hydrogen) atoms. The first-order chi connectivity index (χ1) is 18.7. The summed E-state index contributed by atoms with van der Waals surface area (Å²) in [6, 6.07) is 18.3. The van der Waals surface area contributed by atoms with Gasteiger partial charge in [-0.15, -0.1) is 0 Å². The van der Waals surface area contributed by atoms with Gasteiger partial charge in [-0.05, 0) is 65.2 Å². The van der Waals surface area contributed by atoms with Gasteiger partial charge in [0, 0.05) is 24.5 Å². The molecule has 1 unspecified atom stereocenters. The molecule has 208 valence electrons. The van der Waals surface area contributed by atoms with Gasteiger partial charge in [-0.3, -0.25) is 4.79 Å². The highest BCUT2D eigenvalue weighted by Crippen LogP contribution is 2.39. The topological polar surface area (TPSA) is 29.1 Å². The molecule has 0 aliphatic rings. The van der Waals surface area contributed by atoms with Crippen molar-refractivity contribution in [3.8, 4) is 0 Å². The Morgan fingerprint density at radius 1 is 0.750 bits per heavy atom. The fourth-order valence-electron chi connectivity index (χ4n) is 4.47. The quantitative estimate of drug-likeness (QED) is 0.167. The first kappa shape index (κ1) is 29.3. The van der Waals surface area contributed by atoms with Crippen LogP contribution in [0.1, 0.15) is 45.1 Å². The standard InChI is InChI=1S/C30H23F7NOP/c1-28(34,35)21-14-22(16-24(32)15-21)29(17-18-5-3-2-4-6-18,20-8-10-23(31)11-9-20)38-27(39)19-7-12-26(33)25(13-19)30(36,37)40/h2-16H,17,40H2,1H3,(H,38,39)/t29-/m0/s1. The molecule has 2 nitrogen and oxygen atoms in total. The van der Waals surface area contributed by atoms with E-state index in [2.05, 4.69) is 5.32 Å². The fourth-order valence-corrected chi connectivity index (χ4v) is 4.69. The van der Waals surface area contributed by atoms with Gasteiger partial charge in [0.15, 0.2) is 0 Å². The van der Waals surface area contributed by atoms with Crippen LogP contribution in [0.4, 0.5) is 30.7 Å². The van der Waals surface area contributed by atoms with E-state index in [-0.39, 0.29) is 23.1 Å². The Kier molecular flexibility index (Phi) is 8.08. The molecule has 4 aromatic rings. The minimum absolute atomic E-state index is 0.105. The number of hydrogen-bond donors (Lipinski definition) is 1. The third-order valence-electron chi connectivity index (χ3n) is 6.46. The van der Waals surface area contributed by atoms with Crippen LogP contribution in [0.5, 0.6) is 0 Å². The van der Waals surface area contributed by atoms with E-state index in [4.69, 9.17) is 0 Å². The molecule has 0 spiro atoms. The normalized spacial score (nSPS) is 13.5. The number of halogens is 7. The number of alkyl halides is 4. The van der Waals surface area contributed by atoms with E-state index in [1.807, 2.05) is 0 Å². The van der Waals surface area contributed by atoms with Crippen molar-refractivity contribution in [2.24, 2.45) is 0 Å². The third kappa shape index (κ3) is 6.36. The lowest BCUT2D eigenvalue weighted by Crippen LogP contribution is -2.49. The van der Waals surface area contributed by atoms with Crippen LogP contribution >= 0.6 is 9.24 Å². The van der Waals surface area contributed by atoms with E-state index in [9.17, 15) is 35.5 Å². The minimum atomic E-state index is -3.69. The molecular weight excluding hydrogens is 554 g/mol. The largest absolute Gasteiger partial charge is 0.338 e. The van der Waals surface area contributed by atoms with Crippen molar-refractivity contribution in [2.45, 2.75) is 30.5 Å². The Labute approximate surface area is 228 Å². The Balaban J connectivity index is 1.98. The summed E-state index contributed by atoms with van der Waals surface area (Å²) < 4.78 is 99.7. The van der Waals surface area contributed by atoms with Crippen molar-refractivity contribution in [1.29, 1.82) is 0 Å². The fraction of sp³-hybridized carbons (Fsp3) is 0.167. The summed E-state index contributed by atoms with van der Waals surface area (Å²) in [7, 11) is 1.19. The molecule has 0 aliphatic heterocycles. The lowest BCUT2D eigenvalue weighted by molar-refractivity contribution is 0.0170. The second-order valence-corrected chi connectivity index (χ2v) is 10.2. The van der Waals surface area contributed by atoms with Gasteiger partial charge in [0.25, 0.3) is 17.5 Å². The van der Waals surface area contributed by atoms with Gasteiger partial charge >= 0.3 is 0 Å². The highest BCUT2D eigenvalue weighted by Gasteiger charge is 2.39. The van der Waals surface area contributed by atoms with Crippen LogP contribution in [0.3, 0.4) is 0 Å². The number of amides is 1. The maximum absolute atomic E-state index is 14.9. The first-order valence-corrected chi connectivity index (χ1v) is 12.6. The molecule has 10 heteroatoms. The summed E-state index contributed by atoms with van der Waals surface area (Å²) in [4.78, 5) is 13.6. The molecule has 0 fully saturated rings. The Hall–Kier alpha value is -3.71. The third-order valence-corrected chi connectivity index (χ3v) is 6.77. The number of benzene rings is 4. The predicted octanol–water partition coefficient (Wildman–Crippen LogP) is 8.06. The van der Waals surface area contributed by atoms with Crippen LogP contribution in [0.25, 0.3) is 0 Å². The molecular formula is C30H23F7NOP. The molecule has 0 radical (unpaired) electrons. The van der Waals surface area contributed by atoms with Gasteiger partial charge in [0.1, 0.15) is 17.5 Å². The van der Waals surface area contributed by atoms with Crippen LogP contribution in [0.15, 0.2) is 91.0 Å². The van der Waals surface area contributed by atoms with Gasteiger partial charge in [-0.2, -0.15) is 8.78 Å². The molecule has 0 heterocycles. The zero-order valence-electron chi connectivity index (χ0n) is 21.0. The molecule has 0 bridgehead atoms. The summed E-state index contributed by atoms with van der Waals surface area (Å²) in [5, 5.41) is 2.70. The SMILES string of the molecule is CC(F)(F)c1cc(F)cc([C@@](Cc2ccccc2)(NC(=O)c2ccc(F)c(C(F)(F)P)c2)c2ccc(F)cc2)c1. The molecule has 2 atom stereocenters. The van der Waals surface area contributed by atoms with Crippen LogP contribution in [-0.2, 0) is 23.5 Å². The van der Waals surface area contributed by atoms with E-state index in [1.165, 1.54) is 21.4 Å². The molecule has 0 aromatic heterocycles. The lowest BCUT2D eigenvalue weighted by Gasteiger charge is -2.37. The van der Waals surface area contributed by atoms with Gasteiger partial charge in [0.2, 0.25) is 0 Å². The number of nitrogens with one attached hydrogen (secondary N) is 1. The molecule has 0 aliphatic carbocycles. The summed E-state index contributed by atoms with van der Waals surface area (Å²) in [6.45, 7) is 0.587. The lowest BCUT2D eigenvalue weighted by atomic mass is 9.77. The average molecular weight is 577 g/mol. The maximum Gasteiger partial charge on any atom is 0.286 e. The smallest absolute Gasteiger partial charge is 0.286 e. The van der Waals surface area contributed by atoms with Crippen LogP contribution in [0.2, 0.25) is 0 Å². The monoisotopic (exact) mass is 577 g/mol.